The average Bonchev–Trinajstić information content (AvgIpc) is 3.36. The number of anilines is 1. The van der Waals surface area contributed by atoms with Gasteiger partial charge in [-0.05, 0) is 53.6 Å². The van der Waals surface area contributed by atoms with Crippen LogP contribution < -0.4 is 14.8 Å². The number of thiophene rings is 1. The van der Waals surface area contributed by atoms with Crippen molar-refractivity contribution in [1.82, 2.24) is 4.90 Å². The van der Waals surface area contributed by atoms with Crippen LogP contribution in [-0.2, 0) is 11.2 Å². The molecule has 2 aromatic carbocycles. The highest BCUT2D eigenvalue weighted by Gasteiger charge is 2.18. The molecule has 33 heavy (non-hydrogen) atoms. The van der Waals surface area contributed by atoms with Crippen LogP contribution in [0.25, 0.3) is 10.4 Å². The zero-order chi connectivity index (χ0) is 22.6. The number of ether oxygens (including phenoxy) is 2. The zero-order valence-electron chi connectivity index (χ0n) is 18.0. The molecular weight excluding hydrogens is 456 g/mol. The van der Waals surface area contributed by atoms with E-state index in [1.165, 1.54) is 11.3 Å². The lowest BCUT2D eigenvalue weighted by Crippen LogP contribution is -2.38. The molecule has 3 aromatic rings. The van der Waals surface area contributed by atoms with Crippen molar-refractivity contribution in [3.05, 3.63) is 65.0 Å². The monoisotopic (exact) mass is 480 g/mol. The largest absolute Gasteiger partial charge is 0.486 e. The number of benzene rings is 2. The van der Waals surface area contributed by atoms with Crippen LogP contribution in [0.5, 0.6) is 11.5 Å². The number of amides is 2. The molecule has 0 atom stereocenters. The first-order valence-corrected chi connectivity index (χ1v) is 12.9. The van der Waals surface area contributed by atoms with Crippen LogP contribution in [-0.4, -0.2) is 54.5 Å². The second-order valence-corrected chi connectivity index (χ2v) is 10.2. The summed E-state index contributed by atoms with van der Waals surface area (Å²) in [6, 6.07) is 17.1. The van der Waals surface area contributed by atoms with Crippen LogP contribution >= 0.6 is 23.1 Å². The van der Waals surface area contributed by atoms with E-state index in [4.69, 9.17) is 9.47 Å². The van der Waals surface area contributed by atoms with Gasteiger partial charge in [-0.25, -0.2) is 0 Å². The van der Waals surface area contributed by atoms with Gasteiger partial charge in [0, 0.05) is 35.2 Å². The fourth-order valence-corrected chi connectivity index (χ4v) is 5.61. The molecule has 0 spiro atoms. The number of rotatable bonds is 5. The van der Waals surface area contributed by atoms with Gasteiger partial charge in [0.25, 0.3) is 5.91 Å². The van der Waals surface area contributed by atoms with E-state index in [-0.39, 0.29) is 11.8 Å². The van der Waals surface area contributed by atoms with E-state index >= 15 is 0 Å². The number of thioether (sulfide) groups is 1. The third-order valence-electron chi connectivity index (χ3n) is 5.59. The van der Waals surface area contributed by atoms with Gasteiger partial charge in [0.05, 0.1) is 11.3 Å². The van der Waals surface area contributed by atoms with Gasteiger partial charge < -0.3 is 19.7 Å². The Kier molecular flexibility index (Phi) is 6.55. The number of fused-ring (bicyclic) bond motifs is 1. The van der Waals surface area contributed by atoms with Gasteiger partial charge in [-0.2, -0.15) is 11.8 Å². The van der Waals surface area contributed by atoms with Crippen molar-refractivity contribution in [1.29, 1.82) is 0 Å². The van der Waals surface area contributed by atoms with Gasteiger partial charge in [0.2, 0.25) is 5.91 Å². The molecular formula is C25H24N2O4S2. The Morgan fingerprint density at radius 1 is 0.909 bits per heavy atom. The van der Waals surface area contributed by atoms with Gasteiger partial charge in [0.15, 0.2) is 11.5 Å². The maximum absolute atomic E-state index is 12.8. The number of nitrogens with one attached hydrogen (secondary N) is 1. The molecule has 3 heterocycles. The van der Waals surface area contributed by atoms with Crippen LogP contribution in [0.2, 0.25) is 0 Å². The van der Waals surface area contributed by atoms with E-state index in [0.717, 1.165) is 52.1 Å². The normalized spacial score (nSPS) is 15.2. The van der Waals surface area contributed by atoms with Gasteiger partial charge in [-0.15, -0.1) is 11.3 Å². The standard InChI is InChI=1S/C25H24N2O4S2/c28-24(27-9-13-32-14-10-27)15-17-1-4-19(5-2-17)26-25(29)23-8-7-22(33-23)18-3-6-20-21(16-18)31-12-11-30-20/h1-8,16H,9-15H2,(H,26,29). The van der Waals surface area contributed by atoms with E-state index in [1.54, 1.807) is 0 Å². The van der Waals surface area contributed by atoms with E-state index in [0.29, 0.717) is 30.2 Å². The second-order valence-electron chi connectivity index (χ2n) is 7.84. The van der Waals surface area contributed by atoms with Gasteiger partial charge >= 0.3 is 0 Å². The molecule has 6 nitrogen and oxygen atoms in total. The SMILES string of the molecule is O=C(Nc1ccc(CC(=O)N2CCSCC2)cc1)c1ccc(-c2ccc3c(c2)OCCO3)s1. The molecule has 0 unspecified atom stereocenters. The van der Waals surface area contributed by atoms with E-state index in [1.807, 2.05) is 71.3 Å². The molecule has 170 valence electrons. The van der Waals surface area contributed by atoms with Crippen molar-refractivity contribution in [2.45, 2.75) is 6.42 Å². The highest BCUT2D eigenvalue weighted by atomic mass is 32.2. The molecule has 5 rings (SSSR count). The molecule has 0 saturated carbocycles. The lowest BCUT2D eigenvalue weighted by Gasteiger charge is -2.26. The summed E-state index contributed by atoms with van der Waals surface area (Å²) in [6.07, 6.45) is 0.392. The third kappa shape index (κ3) is 5.17. The molecule has 8 heteroatoms. The van der Waals surface area contributed by atoms with E-state index in [9.17, 15) is 9.59 Å². The topological polar surface area (TPSA) is 67.9 Å². The van der Waals surface area contributed by atoms with Crippen molar-refractivity contribution in [2.24, 2.45) is 0 Å². The van der Waals surface area contributed by atoms with Crippen LogP contribution in [0, 0.1) is 0 Å². The van der Waals surface area contributed by atoms with Crippen molar-refractivity contribution in [3.8, 4) is 21.9 Å². The maximum atomic E-state index is 12.8. The number of nitrogens with zero attached hydrogens (tertiary/aromatic N) is 1. The summed E-state index contributed by atoms with van der Waals surface area (Å²) in [5.41, 5.74) is 2.65. The minimum Gasteiger partial charge on any atom is -0.486 e. The van der Waals surface area contributed by atoms with Crippen molar-refractivity contribution in [2.75, 3.05) is 43.1 Å². The highest BCUT2D eigenvalue weighted by Crippen LogP contribution is 2.37. The van der Waals surface area contributed by atoms with Crippen LogP contribution in [0.15, 0.2) is 54.6 Å². The fraction of sp³-hybridized carbons (Fsp3) is 0.280. The minimum atomic E-state index is -0.154. The van der Waals surface area contributed by atoms with Gasteiger partial charge in [-0.1, -0.05) is 12.1 Å². The molecule has 1 fully saturated rings. The zero-order valence-corrected chi connectivity index (χ0v) is 19.7. The molecule has 2 aliphatic heterocycles. The summed E-state index contributed by atoms with van der Waals surface area (Å²) in [4.78, 5) is 28.7. The predicted octanol–water partition coefficient (Wildman–Crippen LogP) is 4.56. The first-order chi connectivity index (χ1) is 16.2. The first-order valence-electron chi connectivity index (χ1n) is 10.9. The summed E-state index contributed by atoms with van der Waals surface area (Å²) < 4.78 is 11.2. The van der Waals surface area contributed by atoms with E-state index < -0.39 is 0 Å². The lowest BCUT2D eigenvalue weighted by molar-refractivity contribution is -0.130. The Bertz CT molecular complexity index is 1150. The Labute approximate surface area is 200 Å². The van der Waals surface area contributed by atoms with Gasteiger partial charge in [-0.3, -0.25) is 9.59 Å². The summed E-state index contributed by atoms with van der Waals surface area (Å²) in [7, 11) is 0. The van der Waals surface area contributed by atoms with Crippen LogP contribution in [0.1, 0.15) is 15.2 Å². The van der Waals surface area contributed by atoms with Crippen LogP contribution in [0.4, 0.5) is 5.69 Å². The molecule has 1 saturated heterocycles. The van der Waals surface area contributed by atoms with Crippen molar-refractivity contribution in [3.63, 3.8) is 0 Å². The smallest absolute Gasteiger partial charge is 0.265 e. The van der Waals surface area contributed by atoms with Crippen molar-refractivity contribution < 1.29 is 19.1 Å². The summed E-state index contributed by atoms with van der Waals surface area (Å²) in [5.74, 6) is 3.51. The molecule has 1 aromatic heterocycles. The van der Waals surface area contributed by atoms with Crippen molar-refractivity contribution >= 4 is 40.6 Å². The number of hydrogen-bond acceptors (Lipinski definition) is 6. The second kappa shape index (κ2) is 9.89. The number of hydrogen-bond donors (Lipinski definition) is 1. The van der Waals surface area contributed by atoms with E-state index in [2.05, 4.69) is 5.32 Å². The Balaban J connectivity index is 1.20. The van der Waals surface area contributed by atoms with Gasteiger partial charge in [0.1, 0.15) is 13.2 Å². The number of carbonyl (C=O) groups is 2. The Hall–Kier alpha value is -2.97. The Morgan fingerprint density at radius 3 is 2.45 bits per heavy atom. The summed E-state index contributed by atoms with van der Waals surface area (Å²) in [6.45, 7) is 2.75. The average molecular weight is 481 g/mol. The molecule has 0 bridgehead atoms. The summed E-state index contributed by atoms with van der Waals surface area (Å²) >= 11 is 3.32. The summed E-state index contributed by atoms with van der Waals surface area (Å²) in [5, 5.41) is 2.95. The Morgan fingerprint density at radius 2 is 1.67 bits per heavy atom. The lowest BCUT2D eigenvalue weighted by atomic mass is 10.1. The quantitative estimate of drug-likeness (QED) is 0.580. The highest BCUT2D eigenvalue weighted by molar-refractivity contribution is 7.99. The number of carbonyl (C=O) groups excluding carboxylic acids is 2. The molecule has 0 radical (unpaired) electrons. The molecule has 2 aliphatic rings. The van der Waals surface area contributed by atoms with Crippen LogP contribution in [0.3, 0.4) is 0 Å². The molecule has 0 aliphatic carbocycles. The molecule has 2 amide bonds. The third-order valence-corrected chi connectivity index (χ3v) is 7.66. The predicted molar refractivity (Wildman–Crippen MR) is 133 cm³/mol. The minimum absolute atomic E-state index is 0.154. The maximum Gasteiger partial charge on any atom is 0.265 e. The fourth-order valence-electron chi connectivity index (χ4n) is 3.81. The first kappa shape index (κ1) is 21.9. The molecule has 1 N–H and O–H groups in total.